The average Bonchev–Trinajstić information content (AvgIpc) is 2.42. The van der Waals surface area contributed by atoms with Crippen LogP contribution in [0.15, 0.2) is 29.8 Å². The predicted octanol–water partition coefficient (Wildman–Crippen LogP) is 0.839. The van der Waals surface area contributed by atoms with Crippen molar-refractivity contribution in [3.8, 4) is 12.1 Å². The van der Waals surface area contributed by atoms with Gasteiger partial charge < -0.3 is 10.4 Å². The van der Waals surface area contributed by atoms with Crippen molar-refractivity contribution >= 4 is 12.0 Å². The van der Waals surface area contributed by atoms with E-state index in [2.05, 4.69) is 5.32 Å². The van der Waals surface area contributed by atoms with Crippen molar-refractivity contribution in [2.24, 2.45) is 0 Å². The zero-order chi connectivity index (χ0) is 13.4. The number of aliphatic hydroxyl groups excluding tert-OH is 1. The lowest BCUT2D eigenvalue weighted by Crippen LogP contribution is -2.26. The number of hydrogen-bond donors (Lipinski definition) is 2. The summed E-state index contributed by atoms with van der Waals surface area (Å²) >= 11 is 0. The van der Waals surface area contributed by atoms with Crippen LogP contribution in [0.3, 0.4) is 0 Å². The van der Waals surface area contributed by atoms with Gasteiger partial charge in [-0.25, -0.2) is 0 Å². The van der Waals surface area contributed by atoms with Crippen molar-refractivity contribution in [3.63, 3.8) is 0 Å². The molecule has 5 heteroatoms. The van der Waals surface area contributed by atoms with Gasteiger partial charge in [-0.15, -0.1) is 0 Å². The van der Waals surface area contributed by atoms with Gasteiger partial charge >= 0.3 is 0 Å². The summed E-state index contributed by atoms with van der Waals surface area (Å²) in [5.41, 5.74) is 1.13. The molecule has 0 unspecified atom stereocenters. The van der Waals surface area contributed by atoms with Gasteiger partial charge in [0.2, 0.25) is 0 Å². The quantitative estimate of drug-likeness (QED) is 0.763. The summed E-state index contributed by atoms with van der Waals surface area (Å²) in [6.45, 7) is 0.0910. The number of carbonyl (C=O) groups excluding carboxylic acids is 1. The first kappa shape index (κ1) is 13.4. The molecule has 0 fully saturated rings. The molecule has 1 aromatic carbocycles. The van der Waals surface area contributed by atoms with Crippen molar-refractivity contribution in [2.75, 3.05) is 13.2 Å². The van der Waals surface area contributed by atoms with Crippen LogP contribution in [0.2, 0.25) is 0 Å². The molecule has 1 rings (SSSR count). The third kappa shape index (κ3) is 3.75. The molecule has 0 heterocycles. The van der Waals surface area contributed by atoms with E-state index in [1.54, 1.807) is 36.4 Å². The van der Waals surface area contributed by atoms with Crippen LogP contribution in [-0.2, 0) is 0 Å². The Morgan fingerprint density at radius 3 is 2.39 bits per heavy atom. The molecule has 1 amide bonds. The van der Waals surface area contributed by atoms with Crippen molar-refractivity contribution < 1.29 is 9.90 Å². The first-order valence-corrected chi connectivity index (χ1v) is 5.22. The van der Waals surface area contributed by atoms with Crippen molar-refractivity contribution in [1.82, 2.24) is 5.32 Å². The molecule has 0 radical (unpaired) electrons. The van der Waals surface area contributed by atoms with Gasteiger partial charge in [0.1, 0.15) is 17.7 Å². The summed E-state index contributed by atoms with van der Waals surface area (Å²) in [7, 11) is 0. The minimum Gasteiger partial charge on any atom is -0.395 e. The van der Waals surface area contributed by atoms with Crippen LogP contribution in [0.1, 0.15) is 15.9 Å². The fourth-order valence-electron chi connectivity index (χ4n) is 1.26. The van der Waals surface area contributed by atoms with E-state index in [1.807, 2.05) is 0 Å². The van der Waals surface area contributed by atoms with E-state index >= 15 is 0 Å². The maximum absolute atomic E-state index is 11.5. The average molecular weight is 241 g/mol. The summed E-state index contributed by atoms with van der Waals surface area (Å²) in [6, 6.07) is 9.98. The Morgan fingerprint density at radius 2 is 1.89 bits per heavy atom. The van der Waals surface area contributed by atoms with Gasteiger partial charge in [0, 0.05) is 12.1 Å². The smallest absolute Gasteiger partial charge is 0.251 e. The standard InChI is InChI=1S/C13H11N3O2/c14-8-11(9-15)7-10-1-3-12(4-2-10)13(18)16-5-6-17/h1-4,7,17H,5-6H2,(H,16,18). The normalized spacial score (nSPS) is 8.83. The van der Waals surface area contributed by atoms with E-state index in [4.69, 9.17) is 15.6 Å². The summed E-state index contributed by atoms with van der Waals surface area (Å²) in [5, 5.41) is 28.3. The Labute approximate surface area is 105 Å². The molecule has 0 aromatic heterocycles. The van der Waals surface area contributed by atoms with Gasteiger partial charge in [-0.2, -0.15) is 10.5 Å². The van der Waals surface area contributed by atoms with Gasteiger partial charge in [0.25, 0.3) is 5.91 Å². The summed E-state index contributed by atoms with van der Waals surface area (Å²) in [4.78, 5) is 11.5. The highest BCUT2D eigenvalue weighted by Gasteiger charge is 2.03. The SMILES string of the molecule is N#CC(C#N)=Cc1ccc(C(=O)NCCO)cc1. The van der Waals surface area contributed by atoms with E-state index in [-0.39, 0.29) is 24.6 Å². The number of aliphatic hydroxyl groups is 1. The number of nitrogens with one attached hydrogen (secondary N) is 1. The van der Waals surface area contributed by atoms with Gasteiger partial charge in [-0.1, -0.05) is 12.1 Å². The fraction of sp³-hybridized carbons (Fsp3) is 0.154. The zero-order valence-electron chi connectivity index (χ0n) is 9.55. The minimum atomic E-state index is -0.277. The van der Waals surface area contributed by atoms with Gasteiger partial charge in [0.05, 0.1) is 6.61 Å². The third-order valence-corrected chi connectivity index (χ3v) is 2.12. The molecule has 0 saturated carbocycles. The van der Waals surface area contributed by atoms with Crippen LogP contribution < -0.4 is 5.32 Å². The molecule has 90 valence electrons. The van der Waals surface area contributed by atoms with Gasteiger partial charge in [-0.3, -0.25) is 4.79 Å². The Balaban J connectivity index is 2.81. The Bertz CT molecular complexity index is 517. The highest BCUT2D eigenvalue weighted by molar-refractivity contribution is 5.94. The second-order valence-electron chi connectivity index (χ2n) is 3.38. The van der Waals surface area contributed by atoms with Crippen LogP contribution in [0.5, 0.6) is 0 Å². The first-order valence-electron chi connectivity index (χ1n) is 5.22. The maximum atomic E-state index is 11.5. The fourth-order valence-corrected chi connectivity index (χ4v) is 1.26. The lowest BCUT2D eigenvalue weighted by Gasteiger charge is -2.03. The predicted molar refractivity (Wildman–Crippen MR) is 65.1 cm³/mol. The van der Waals surface area contributed by atoms with Crippen LogP contribution >= 0.6 is 0 Å². The molecule has 0 bridgehead atoms. The van der Waals surface area contributed by atoms with E-state index in [9.17, 15) is 4.79 Å². The molecule has 0 aliphatic carbocycles. The highest BCUT2D eigenvalue weighted by atomic mass is 16.3. The van der Waals surface area contributed by atoms with Gasteiger partial charge in [0.15, 0.2) is 0 Å². The summed E-state index contributed by atoms with van der Waals surface area (Å²) in [6.07, 6.45) is 1.44. The molecule has 18 heavy (non-hydrogen) atoms. The second-order valence-corrected chi connectivity index (χ2v) is 3.38. The lowest BCUT2D eigenvalue weighted by molar-refractivity contribution is 0.0945. The molecule has 0 aliphatic rings. The lowest BCUT2D eigenvalue weighted by atomic mass is 10.1. The molecular formula is C13H11N3O2. The zero-order valence-corrected chi connectivity index (χ0v) is 9.55. The Kier molecular flexibility index (Phi) is 5.11. The number of benzene rings is 1. The summed E-state index contributed by atoms with van der Waals surface area (Å²) in [5.74, 6) is -0.277. The number of allylic oxidation sites excluding steroid dienone is 1. The third-order valence-electron chi connectivity index (χ3n) is 2.12. The van der Waals surface area contributed by atoms with E-state index in [0.717, 1.165) is 0 Å². The van der Waals surface area contributed by atoms with Crippen LogP contribution in [0.25, 0.3) is 6.08 Å². The van der Waals surface area contributed by atoms with Crippen LogP contribution in [-0.4, -0.2) is 24.2 Å². The molecule has 0 atom stereocenters. The molecular weight excluding hydrogens is 230 g/mol. The number of nitrogens with zero attached hydrogens (tertiary/aromatic N) is 2. The second kappa shape index (κ2) is 6.85. The minimum absolute atomic E-state index is 0.00693. The molecule has 0 spiro atoms. The largest absolute Gasteiger partial charge is 0.395 e. The van der Waals surface area contributed by atoms with E-state index in [1.165, 1.54) is 6.08 Å². The van der Waals surface area contributed by atoms with Crippen LogP contribution in [0, 0.1) is 22.7 Å². The van der Waals surface area contributed by atoms with Crippen molar-refractivity contribution in [3.05, 3.63) is 41.0 Å². The van der Waals surface area contributed by atoms with E-state index < -0.39 is 0 Å². The van der Waals surface area contributed by atoms with Crippen molar-refractivity contribution in [2.45, 2.75) is 0 Å². The Morgan fingerprint density at radius 1 is 1.28 bits per heavy atom. The molecule has 0 aliphatic heterocycles. The van der Waals surface area contributed by atoms with E-state index in [0.29, 0.717) is 11.1 Å². The molecule has 5 nitrogen and oxygen atoms in total. The number of rotatable bonds is 4. The van der Waals surface area contributed by atoms with Crippen LogP contribution in [0.4, 0.5) is 0 Å². The summed E-state index contributed by atoms with van der Waals surface area (Å²) < 4.78 is 0. The molecule has 0 saturated heterocycles. The topological polar surface area (TPSA) is 96.9 Å². The molecule has 1 aromatic rings. The number of nitriles is 2. The monoisotopic (exact) mass is 241 g/mol. The number of hydrogen-bond acceptors (Lipinski definition) is 4. The molecule has 2 N–H and O–H groups in total. The number of amides is 1. The van der Waals surface area contributed by atoms with Crippen molar-refractivity contribution in [1.29, 1.82) is 10.5 Å². The number of carbonyl (C=O) groups is 1. The van der Waals surface area contributed by atoms with Gasteiger partial charge in [-0.05, 0) is 23.8 Å². The first-order chi connectivity index (χ1) is 8.71. The highest BCUT2D eigenvalue weighted by Crippen LogP contribution is 2.08. The Hall–Kier alpha value is -2.63. The maximum Gasteiger partial charge on any atom is 0.251 e.